The van der Waals surface area contributed by atoms with Gasteiger partial charge in [-0.25, -0.2) is 21.6 Å². The lowest BCUT2D eigenvalue weighted by Crippen LogP contribution is -2.38. The average Bonchev–Trinajstić information content (AvgIpc) is 2.73. The van der Waals surface area contributed by atoms with Crippen LogP contribution < -0.4 is 4.72 Å². The van der Waals surface area contributed by atoms with Crippen molar-refractivity contribution in [2.75, 3.05) is 0 Å². The number of sulfone groups is 1. The van der Waals surface area contributed by atoms with Crippen molar-refractivity contribution >= 4 is 19.9 Å². The van der Waals surface area contributed by atoms with Gasteiger partial charge in [0.15, 0.2) is 9.84 Å². The van der Waals surface area contributed by atoms with Crippen LogP contribution in [0.3, 0.4) is 0 Å². The van der Waals surface area contributed by atoms with Crippen LogP contribution in [0.2, 0.25) is 0 Å². The van der Waals surface area contributed by atoms with Crippen LogP contribution in [0.4, 0.5) is 0 Å². The molecule has 0 bridgehead atoms. The van der Waals surface area contributed by atoms with Crippen molar-refractivity contribution in [3.63, 3.8) is 0 Å². The zero-order valence-electron chi connectivity index (χ0n) is 17.1. The molecule has 3 aromatic rings. The molecule has 5 nitrogen and oxygen atoms in total. The molecule has 30 heavy (non-hydrogen) atoms. The molecule has 0 saturated carbocycles. The summed E-state index contributed by atoms with van der Waals surface area (Å²) < 4.78 is 55.3. The fourth-order valence-corrected chi connectivity index (χ4v) is 6.09. The fourth-order valence-electron chi connectivity index (χ4n) is 3.17. The van der Waals surface area contributed by atoms with Gasteiger partial charge in [0, 0.05) is 0 Å². The topological polar surface area (TPSA) is 80.3 Å². The van der Waals surface area contributed by atoms with E-state index in [-0.39, 0.29) is 9.79 Å². The first-order valence-electron chi connectivity index (χ1n) is 9.56. The van der Waals surface area contributed by atoms with Crippen molar-refractivity contribution in [1.82, 2.24) is 4.72 Å². The fraction of sp³-hybridized carbons (Fsp3) is 0.217. The number of hydrogen-bond donors (Lipinski definition) is 1. The van der Waals surface area contributed by atoms with Crippen LogP contribution in [0.15, 0.2) is 88.7 Å². The van der Waals surface area contributed by atoms with E-state index in [1.165, 1.54) is 19.1 Å². The van der Waals surface area contributed by atoms with Gasteiger partial charge < -0.3 is 0 Å². The first-order chi connectivity index (χ1) is 14.1. The molecule has 3 aromatic carbocycles. The Bertz CT molecular complexity index is 1200. The summed E-state index contributed by atoms with van der Waals surface area (Å²) >= 11 is 0. The molecule has 1 N–H and O–H groups in total. The van der Waals surface area contributed by atoms with E-state index < -0.39 is 31.2 Å². The van der Waals surface area contributed by atoms with Gasteiger partial charge in [-0.2, -0.15) is 0 Å². The molecule has 0 saturated heterocycles. The molecule has 0 amide bonds. The van der Waals surface area contributed by atoms with Crippen LogP contribution >= 0.6 is 0 Å². The van der Waals surface area contributed by atoms with Gasteiger partial charge in [-0.15, -0.1) is 0 Å². The molecule has 0 aliphatic rings. The number of hydrogen-bond acceptors (Lipinski definition) is 4. The molecular formula is C23H25NO4S2. The molecule has 2 atom stereocenters. The zero-order valence-corrected chi connectivity index (χ0v) is 18.7. The monoisotopic (exact) mass is 443 g/mol. The van der Waals surface area contributed by atoms with E-state index in [1.54, 1.807) is 66.7 Å². The quantitative estimate of drug-likeness (QED) is 0.594. The summed E-state index contributed by atoms with van der Waals surface area (Å²) in [6.07, 6.45) is 0. The van der Waals surface area contributed by atoms with Crippen molar-refractivity contribution in [2.45, 2.75) is 41.9 Å². The molecule has 0 fully saturated rings. The van der Waals surface area contributed by atoms with Crippen LogP contribution in [-0.4, -0.2) is 22.1 Å². The van der Waals surface area contributed by atoms with E-state index in [0.717, 1.165) is 11.1 Å². The van der Waals surface area contributed by atoms with Gasteiger partial charge in [0.2, 0.25) is 10.0 Å². The first-order valence-corrected chi connectivity index (χ1v) is 12.6. The van der Waals surface area contributed by atoms with Crippen LogP contribution in [-0.2, 0) is 19.9 Å². The van der Waals surface area contributed by atoms with Gasteiger partial charge in [0.25, 0.3) is 0 Å². The zero-order chi connectivity index (χ0) is 21.9. The second-order valence-electron chi connectivity index (χ2n) is 7.39. The van der Waals surface area contributed by atoms with Crippen LogP contribution in [0.1, 0.15) is 29.7 Å². The van der Waals surface area contributed by atoms with E-state index >= 15 is 0 Å². The number of benzene rings is 3. The van der Waals surface area contributed by atoms with Crippen LogP contribution in [0, 0.1) is 13.8 Å². The smallest absolute Gasteiger partial charge is 0.223 e. The minimum absolute atomic E-state index is 0.0916. The Morgan fingerprint density at radius 1 is 0.667 bits per heavy atom. The predicted octanol–water partition coefficient (Wildman–Crippen LogP) is 4.19. The Hall–Kier alpha value is -2.48. The lowest BCUT2D eigenvalue weighted by molar-refractivity contribution is 0.531. The standard InChI is InChI=1S/C23H25NO4S2/c1-17-9-13-21(14-10-17)29(25,26)19(3)23(20-7-5-4-6-8-20)24-30(27,28)22-15-11-18(2)12-16-22/h4-16,19,23-24H,1-3H3/t19-,23-/m1/s1. The number of rotatable bonds is 7. The number of nitrogens with one attached hydrogen (secondary N) is 1. The van der Waals surface area contributed by atoms with Gasteiger partial charge >= 0.3 is 0 Å². The molecule has 0 aliphatic heterocycles. The minimum Gasteiger partial charge on any atom is -0.223 e. The highest BCUT2D eigenvalue weighted by Gasteiger charge is 2.35. The van der Waals surface area contributed by atoms with Crippen molar-refractivity contribution in [2.24, 2.45) is 0 Å². The summed E-state index contributed by atoms with van der Waals surface area (Å²) in [5, 5.41) is -1.03. The van der Waals surface area contributed by atoms with Gasteiger partial charge in [0.1, 0.15) is 0 Å². The van der Waals surface area contributed by atoms with Crippen molar-refractivity contribution in [3.8, 4) is 0 Å². The van der Waals surface area contributed by atoms with Gasteiger partial charge in [-0.1, -0.05) is 65.7 Å². The maximum atomic E-state index is 13.3. The second kappa shape index (κ2) is 8.71. The SMILES string of the molecule is Cc1ccc(S(=O)(=O)N[C@@H](c2ccccc2)[C@@H](C)S(=O)(=O)c2ccc(C)cc2)cc1. The third-order valence-corrected chi connectivity index (χ3v) is 8.72. The molecular weight excluding hydrogens is 418 g/mol. The molecule has 0 aliphatic carbocycles. The molecule has 7 heteroatoms. The van der Waals surface area contributed by atoms with E-state index in [0.29, 0.717) is 5.56 Å². The molecule has 0 aromatic heterocycles. The van der Waals surface area contributed by atoms with Crippen molar-refractivity contribution in [3.05, 3.63) is 95.6 Å². The van der Waals surface area contributed by atoms with Crippen molar-refractivity contribution in [1.29, 1.82) is 0 Å². The Morgan fingerprint density at radius 2 is 1.13 bits per heavy atom. The van der Waals surface area contributed by atoms with Gasteiger partial charge in [-0.3, -0.25) is 0 Å². The highest BCUT2D eigenvalue weighted by atomic mass is 32.2. The summed E-state index contributed by atoms with van der Waals surface area (Å²) in [4.78, 5) is 0.255. The predicted molar refractivity (Wildman–Crippen MR) is 119 cm³/mol. The number of aryl methyl sites for hydroxylation is 2. The first kappa shape index (κ1) is 22.2. The van der Waals surface area contributed by atoms with Gasteiger partial charge in [-0.05, 0) is 50.6 Å². The van der Waals surface area contributed by atoms with E-state index in [4.69, 9.17) is 0 Å². The Kier molecular flexibility index (Phi) is 6.45. The summed E-state index contributed by atoms with van der Waals surface area (Å²) in [5.41, 5.74) is 2.46. The molecule has 3 rings (SSSR count). The Balaban J connectivity index is 2.03. The summed E-state index contributed by atoms with van der Waals surface area (Å²) in [5.74, 6) is 0. The third kappa shape index (κ3) is 4.80. The van der Waals surface area contributed by atoms with E-state index in [1.807, 2.05) is 13.8 Å². The van der Waals surface area contributed by atoms with Gasteiger partial charge in [0.05, 0.1) is 21.1 Å². The summed E-state index contributed by atoms with van der Waals surface area (Å²) in [6, 6.07) is 20.8. The average molecular weight is 444 g/mol. The molecule has 0 spiro atoms. The molecule has 0 unspecified atom stereocenters. The van der Waals surface area contributed by atoms with E-state index in [9.17, 15) is 16.8 Å². The lowest BCUT2D eigenvalue weighted by atomic mass is 10.1. The lowest BCUT2D eigenvalue weighted by Gasteiger charge is -2.26. The molecule has 0 radical (unpaired) electrons. The van der Waals surface area contributed by atoms with Crippen LogP contribution in [0.5, 0.6) is 0 Å². The minimum atomic E-state index is -3.93. The van der Waals surface area contributed by atoms with Crippen molar-refractivity contribution < 1.29 is 16.8 Å². The summed E-state index contributed by atoms with van der Waals surface area (Å²) in [7, 11) is -7.72. The van der Waals surface area contributed by atoms with E-state index in [2.05, 4.69) is 4.72 Å². The maximum Gasteiger partial charge on any atom is 0.241 e. The summed E-state index contributed by atoms with van der Waals surface area (Å²) in [6.45, 7) is 5.28. The highest BCUT2D eigenvalue weighted by molar-refractivity contribution is 7.92. The molecule has 158 valence electrons. The normalized spacial score (nSPS) is 14.2. The second-order valence-corrected chi connectivity index (χ2v) is 11.4. The maximum absolute atomic E-state index is 13.3. The molecule has 0 heterocycles. The largest absolute Gasteiger partial charge is 0.241 e. The van der Waals surface area contributed by atoms with Crippen LogP contribution in [0.25, 0.3) is 0 Å². The highest BCUT2D eigenvalue weighted by Crippen LogP contribution is 2.29. The Morgan fingerprint density at radius 3 is 1.63 bits per heavy atom. The number of sulfonamides is 1. The third-order valence-electron chi connectivity index (χ3n) is 5.08. The Labute approximate surface area is 178 Å².